The van der Waals surface area contributed by atoms with Gasteiger partial charge in [-0.2, -0.15) is 0 Å². The van der Waals surface area contributed by atoms with Crippen molar-refractivity contribution < 1.29 is 4.74 Å². The van der Waals surface area contributed by atoms with E-state index in [1.54, 1.807) is 0 Å². The van der Waals surface area contributed by atoms with E-state index < -0.39 is 0 Å². The third kappa shape index (κ3) is 9.51. The highest BCUT2D eigenvalue weighted by Gasteiger charge is 2.17. The summed E-state index contributed by atoms with van der Waals surface area (Å²) in [6.45, 7) is 7.43. The molecule has 0 radical (unpaired) electrons. The fourth-order valence-corrected chi connectivity index (χ4v) is 2.80. The second-order valence-corrected chi connectivity index (χ2v) is 7.79. The van der Waals surface area contributed by atoms with Gasteiger partial charge in [-0.15, -0.1) is 0 Å². The zero-order valence-electron chi connectivity index (χ0n) is 14.0. The molecule has 0 aromatic heterocycles. The van der Waals surface area contributed by atoms with E-state index in [4.69, 9.17) is 4.74 Å². The third-order valence-electron chi connectivity index (χ3n) is 3.93. The maximum Gasteiger partial charge on any atom is 0.0724 e. The van der Waals surface area contributed by atoms with E-state index >= 15 is 0 Å². The highest BCUT2D eigenvalue weighted by atomic mass is 127. The molecule has 0 fully saturated rings. The van der Waals surface area contributed by atoms with Crippen LogP contribution in [-0.4, -0.2) is 5.60 Å². The molecule has 0 bridgehead atoms. The van der Waals surface area contributed by atoms with Gasteiger partial charge in [0.15, 0.2) is 0 Å². The predicted octanol–water partition coefficient (Wildman–Crippen LogP) is 6.73. The van der Waals surface area contributed by atoms with Crippen molar-refractivity contribution in [2.75, 3.05) is 0 Å². The second kappa shape index (κ2) is 10.6. The molecule has 0 aliphatic carbocycles. The lowest BCUT2D eigenvalue weighted by Gasteiger charge is -2.25. The van der Waals surface area contributed by atoms with E-state index in [9.17, 15) is 0 Å². The molecule has 0 aliphatic heterocycles. The molecule has 0 heterocycles. The van der Waals surface area contributed by atoms with Gasteiger partial charge in [0.2, 0.25) is 0 Å². The summed E-state index contributed by atoms with van der Waals surface area (Å²) in [6, 6.07) is 8.60. The van der Waals surface area contributed by atoms with Gasteiger partial charge in [0.05, 0.1) is 12.2 Å². The number of hydrogen-bond acceptors (Lipinski definition) is 1. The summed E-state index contributed by atoms with van der Waals surface area (Å²) < 4.78 is 7.37. The Balaban J connectivity index is 2.13. The monoisotopic (exact) mass is 402 g/mol. The van der Waals surface area contributed by atoms with Crippen molar-refractivity contribution in [3.63, 3.8) is 0 Å². The van der Waals surface area contributed by atoms with Gasteiger partial charge in [-0.3, -0.25) is 0 Å². The van der Waals surface area contributed by atoms with Gasteiger partial charge in [-0.25, -0.2) is 0 Å². The van der Waals surface area contributed by atoms with E-state index in [2.05, 4.69) is 67.6 Å². The molecule has 0 atom stereocenters. The van der Waals surface area contributed by atoms with Crippen molar-refractivity contribution in [1.29, 1.82) is 0 Å². The SMILES string of the molecule is CCCCCCCCCC(C)(C)OCc1ccc(I)cc1. The first-order valence-electron chi connectivity index (χ1n) is 8.42. The predicted molar refractivity (Wildman–Crippen MR) is 101 cm³/mol. The second-order valence-electron chi connectivity index (χ2n) is 6.55. The van der Waals surface area contributed by atoms with Crippen LogP contribution in [0.1, 0.15) is 77.7 Å². The van der Waals surface area contributed by atoms with Crippen LogP contribution >= 0.6 is 22.6 Å². The highest BCUT2D eigenvalue weighted by Crippen LogP contribution is 2.21. The van der Waals surface area contributed by atoms with Crippen molar-refractivity contribution in [1.82, 2.24) is 0 Å². The van der Waals surface area contributed by atoms with Crippen LogP contribution in [0.2, 0.25) is 0 Å². The summed E-state index contributed by atoms with van der Waals surface area (Å²) in [5, 5.41) is 0. The summed E-state index contributed by atoms with van der Waals surface area (Å²) in [7, 11) is 0. The molecule has 2 heteroatoms. The molecule has 0 saturated heterocycles. The lowest BCUT2D eigenvalue weighted by molar-refractivity contribution is -0.0364. The van der Waals surface area contributed by atoms with Crippen molar-refractivity contribution in [2.24, 2.45) is 0 Å². The smallest absolute Gasteiger partial charge is 0.0724 e. The van der Waals surface area contributed by atoms with Crippen LogP contribution in [0, 0.1) is 3.57 Å². The van der Waals surface area contributed by atoms with Crippen LogP contribution in [0.3, 0.4) is 0 Å². The zero-order valence-corrected chi connectivity index (χ0v) is 16.1. The average Bonchev–Trinajstić information content (AvgIpc) is 2.46. The summed E-state index contributed by atoms with van der Waals surface area (Å²) in [6.07, 6.45) is 10.7. The third-order valence-corrected chi connectivity index (χ3v) is 4.64. The molecule has 0 aliphatic rings. The first kappa shape index (κ1) is 19.0. The Bertz CT molecular complexity index is 370. The van der Waals surface area contributed by atoms with E-state index in [1.807, 2.05) is 0 Å². The average molecular weight is 402 g/mol. The lowest BCUT2D eigenvalue weighted by Crippen LogP contribution is -2.24. The zero-order chi connectivity index (χ0) is 15.6. The Morgan fingerprint density at radius 2 is 1.48 bits per heavy atom. The number of hydrogen-bond donors (Lipinski definition) is 0. The largest absolute Gasteiger partial charge is 0.371 e. The molecular weight excluding hydrogens is 371 g/mol. The maximum atomic E-state index is 6.10. The van der Waals surface area contributed by atoms with E-state index in [-0.39, 0.29) is 5.60 Å². The quantitative estimate of drug-likeness (QED) is 0.295. The molecule has 0 N–H and O–H groups in total. The molecule has 1 nitrogen and oxygen atoms in total. The molecule has 1 aromatic rings. The number of unbranched alkanes of at least 4 members (excludes halogenated alkanes) is 6. The van der Waals surface area contributed by atoms with Gasteiger partial charge in [-0.05, 0) is 60.6 Å². The van der Waals surface area contributed by atoms with Crippen LogP contribution < -0.4 is 0 Å². The van der Waals surface area contributed by atoms with Gasteiger partial charge < -0.3 is 4.74 Å². The van der Waals surface area contributed by atoms with Gasteiger partial charge in [-0.1, -0.05) is 64.0 Å². The van der Waals surface area contributed by atoms with Crippen molar-refractivity contribution in [2.45, 2.75) is 84.3 Å². The fourth-order valence-electron chi connectivity index (χ4n) is 2.44. The Morgan fingerprint density at radius 1 is 0.905 bits per heavy atom. The van der Waals surface area contributed by atoms with Gasteiger partial charge in [0.25, 0.3) is 0 Å². The summed E-state index contributed by atoms with van der Waals surface area (Å²) in [5.74, 6) is 0. The van der Waals surface area contributed by atoms with Crippen LogP contribution in [0.15, 0.2) is 24.3 Å². The molecule has 0 saturated carbocycles. The number of halogens is 1. The Labute approximate surface area is 145 Å². The van der Waals surface area contributed by atoms with Crippen LogP contribution in [-0.2, 0) is 11.3 Å². The van der Waals surface area contributed by atoms with E-state index in [0.717, 1.165) is 13.0 Å². The van der Waals surface area contributed by atoms with Crippen LogP contribution in [0.5, 0.6) is 0 Å². The van der Waals surface area contributed by atoms with Gasteiger partial charge >= 0.3 is 0 Å². The topological polar surface area (TPSA) is 9.23 Å². The number of benzene rings is 1. The normalized spacial score (nSPS) is 11.8. The lowest BCUT2D eigenvalue weighted by atomic mass is 9.99. The number of rotatable bonds is 11. The Hall–Kier alpha value is -0.0900. The molecule has 1 aromatic carbocycles. The van der Waals surface area contributed by atoms with Crippen LogP contribution in [0.4, 0.5) is 0 Å². The number of ether oxygens (including phenoxy) is 1. The van der Waals surface area contributed by atoms with Crippen LogP contribution in [0.25, 0.3) is 0 Å². The highest BCUT2D eigenvalue weighted by molar-refractivity contribution is 14.1. The standard InChI is InChI=1S/C19H31IO/c1-4-5-6-7-8-9-10-15-19(2,3)21-16-17-11-13-18(20)14-12-17/h11-14H,4-10,15-16H2,1-3H3. The maximum absolute atomic E-state index is 6.10. The van der Waals surface area contributed by atoms with Crippen molar-refractivity contribution >= 4 is 22.6 Å². The van der Waals surface area contributed by atoms with Gasteiger partial charge in [0.1, 0.15) is 0 Å². The molecule has 0 unspecified atom stereocenters. The molecule has 21 heavy (non-hydrogen) atoms. The Morgan fingerprint density at radius 3 is 2.10 bits per heavy atom. The summed E-state index contributed by atoms with van der Waals surface area (Å²) in [4.78, 5) is 0. The first-order valence-corrected chi connectivity index (χ1v) is 9.50. The minimum Gasteiger partial charge on any atom is -0.371 e. The minimum atomic E-state index is -0.00753. The fraction of sp³-hybridized carbons (Fsp3) is 0.684. The van der Waals surface area contributed by atoms with E-state index in [0.29, 0.717) is 0 Å². The first-order chi connectivity index (χ1) is 10.0. The molecular formula is C19H31IO. The van der Waals surface area contributed by atoms with Gasteiger partial charge in [0, 0.05) is 3.57 Å². The molecule has 1 rings (SSSR count). The Kier molecular flexibility index (Phi) is 9.57. The van der Waals surface area contributed by atoms with Crippen molar-refractivity contribution in [3.8, 4) is 0 Å². The summed E-state index contributed by atoms with van der Waals surface area (Å²) >= 11 is 2.33. The summed E-state index contributed by atoms with van der Waals surface area (Å²) in [5.41, 5.74) is 1.26. The van der Waals surface area contributed by atoms with Crippen molar-refractivity contribution in [3.05, 3.63) is 33.4 Å². The minimum absolute atomic E-state index is 0.00753. The molecule has 0 amide bonds. The molecule has 120 valence electrons. The van der Waals surface area contributed by atoms with E-state index in [1.165, 1.54) is 54.1 Å². The molecule has 0 spiro atoms.